The summed E-state index contributed by atoms with van der Waals surface area (Å²) in [6.45, 7) is 3.36. The van der Waals surface area contributed by atoms with E-state index in [1.54, 1.807) is 12.1 Å². The van der Waals surface area contributed by atoms with Gasteiger partial charge in [0.05, 0.1) is 5.56 Å². The fourth-order valence-electron chi connectivity index (χ4n) is 3.26. The van der Waals surface area contributed by atoms with Crippen LogP contribution in [0, 0.1) is 0 Å². The van der Waals surface area contributed by atoms with Crippen molar-refractivity contribution in [2.75, 3.05) is 13.1 Å². The van der Waals surface area contributed by atoms with E-state index in [9.17, 15) is 9.90 Å². The summed E-state index contributed by atoms with van der Waals surface area (Å²) in [5, 5.41) is 9.32. The molecule has 1 saturated heterocycles. The Bertz CT molecular complexity index is 656. The summed E-state index contributed by atoms with van der Waals surface area (Å²) in [5.41, 5.74) is 3.39. The van der Waals surface area contributed by atoms with E-state index < -0.39 is 5.97 Å². The highest BCUT2D eigenvalue weighted by atomic mass is 16.4. The monoisotopic (exact) mass is 309 g/mol. The second kappa shape index (κ2) is 7.42. The lowest BCUT2D eigenvalue weighted by molar-refractivity contribution is 0.0697. The maximum absolute atomic E-state index is 11.4. The Hall–Kier alpha value is -2.13. The zero-order valence-corrected chi connectivity index (χ0v) is 13.4. The summed E-state index contributed by atoms with van der Waals surface area (Å²) in [7, 11) is 0. The summed E-state index contributed by atoms with van der Waals surface area (Å²) < 4.78 is 0. The van der Waals surface area contributed by atoms with Gasteiger partial charge in [-0.25, -0.2) is 4.79 Å². The fraction of sp³-hybridized carbons (Fsp3) is 0.350. The largest absolute Gasteiger partial charge is 0.478 e. The predicted molar refractivity (Wildman–Crippen MR) is 92.6 cm³/mol. The van der Waals surface area contributed by atoms with Gasteiger partial charge in [-0.3, -0.25) is 4.90 Å². The van der Waals surface area contributed by atoms with Crippen molar-refractivity contribution in [1.29, 1.82) is 0 Å². The number of hydrogen-bond donors (Lipinski definition) is 1. The Morgan fingerprint density at radius 3 is 2.22 bits per heavy atom. The van der Waals surface area contributed by atoms with Crippen LogP contribution in [0.4, 0.5) is 0 Å². The number of aromatic carboxylic acids is 1. The van der Waals surface area contributed by atoms with Crippen molar-refractivity contribution >= 4 is 5.97 Å². The highest BCUT2D eigenvalue weighted by Gasteiger charge is 2.12. The molecular formula is C20H23NO2. The minimum atomic E-state index is -0.880. The normalized spacial score (nSPS) is 16.0. The Morgan fingerprint density at radius 2 is 1.57 bits per heavy atom. The average molecular weight is 309 g/mol. The SMILES string of the molecule is O=C(O)c1ccccc1-c1ccc(CN2CCCCCC2)cc1. The van der Waals surface area contributed by atoms with Crippen molar-refractivity contribution in [2.45, 2.75) is 32.2 Å². The van der Waals surface area contributed by atoms with Gasteiger partial charge in [0.2, 0.25) is 0 Å². The Labute approximate surface area is 137 Å². The van der Waals surface area contributed by atoms with Crippen LogP contribution in [-0.4, -0.2) is 29.1 Å². The number of rotatable bonds is 4. The predicted octanol–water partition coefficient (Wildman–Crippen LogP) is 4.43. The van der Waals surface area contributed by atoms with Crippen LogP contribution in [0.15, 0.2) is 48.5 Å². The van der Waals surface area contributed by atoms with E-state index >= 15 is 0 Å². The van der Waals surface area contributed by atoms with Crippen LogP contribution in [0.3, 0.4) is 0 Å². The van der Waals surface area contributed by atoms with Crippen molar-refractivity contribution in [1.82, 2.24) is 4.90 Å². The maximum Gasteiger partial charge on any atom is 0.336 e. The summed E-state index contributed by atoms with van der Waals surface area (Å²) in [6, 6.07) is 15.5. The van der Waals surface area contributed by atoms with Gasteiger partial charge in [0.1, 0.15) is 0 Å². The molecular weight excluding hydrogens is 286 g/mol. The smallest absolute Gasteiger partial charge is 0.336 e. The first-order valence-corrected chi connectivity index (χ1v) is 8.38. The third kappa shape index (κ3) is 3.99. The summed E-state index contributed by atoms with van der Waals surface area (Å²) in [5.74, 6) is -0.880. The Morgan fingerprint density at radius 1 is 0.913 bits per heavy atom. The molecule has 1 aliphatic heterocycles. The molecule has 2 aromatic carbocycles. The van der Waals surface area contributed by atoms with Crippen molar-refractivity contribution in [3.63, 3.8) is 0 Å². The molecule has 0 saturated carbocycles. The quantitative estimate of drug-likeness (QED) is 0.908. The van der Waals surface area contributed by atoms with Gasteiger partial charge in [0, 0.05) is 6.54 Å². The topological polar surface area (TPSA) is 40.5 Å². The molecule has 1 fully saturated rings. The molecule has 0 aliphatic carbocycles. The van der Waals surface area contributed by atoms with Gasteiger partial charge >= 0.3 is 5.97 Å². The van der Waals surface area contributed by atoms with E-state index in [-0.39, 0.29) is 0 Å². The Balaban J connectivity index is 1.76. The summed E-state index contributed by atoms with van der Waals surface area (Å²) >= 11 is 0. The van der Waals surface area contributed by atoms with Gasteiger partial charge in [0.25, 0.3) is 0 Å². The highest BCUT2D eigenvalue weighted by molar-refractivity contribution is 5.95. The molecule has 1 heterocycles. The van der Waals surface area contributed by atoms with Gasteiger partial charge in [-0.2, -0.15) is 0 Å². The van der Waals surface area contributed by atoms with Gasteiger partial charge in [-0.05, 0) is 48.7 Å². The van der Waals surface area contributed by atoms with Gasteiger partial charge in [0.15, 0.2) is 0 Å². The van der Waals surface area contributed by atoms with E-state index in [0.717, 1.165) is 17.7 Å². The first-order chi connectivity index (χ1) is 11.2. The molecule has 0 bridgehead atoms. The molecule has 0 unspecified atom stereocenters. The molecule has 1 aliphatic rings. The number of carboxylic acid groups (broad SMARTS) is 1. The van der Waals surface area contributed by atoms with Crippen molar-refractivity contribution in [3.05, 3.63) is 59.7 Å². The number of likely N-dealkylation sites (tertiary alicyclic amines) is 1. The molecule has 2 aromatic rings. The zero-order valence-electron chi connectivity index (χ0n) is 13.4. The second-order valence-corrected chi connectivity index (χ2v) is 6.24. The highest BCUT2D eigenvalue weighted by Crippen LogP contribution is 2.24. The Kier molecular flexibility index (Phi) is 5.09. The molecule has 3 nitrogen and oxygen atoms in total. The van der Waals surface area contributed by atoms with Crippen LogP contribution >= 0.6 is 0 Å². The number of nitrogens with zero attached hydrogens (tertiary/aromatic N) is 1. The van der Waals surface area contributed by atoms with E-state index in [2.05, 4.69) is 17.0 Å². The molecule has 0 aromatic heterocycles. The first-order valence-electron chi connectivity index (χ1n) is 8.38. The summed E-state index contributed by atoms with van der Waals surface area (Å²) in [6.07, 6.45) is 5.29. The molecule has 1 N–H and O–H groups in total. The van der Waals surface area contributed by atoms with Crippen LogP contribution in [0.2, 0.25) is 0 Å². The van der Waals surface area contributed by atoms with Gasteiger partial charge in [-0.1, -0.05) is 55.3 Å². The minimum absolute atomic E-state index is 0.354. The maximum atomic E-state index is 11.4. The van der Waals surface area contributed by atoms with Crippen molar-refractivity contribution in [2.24, 2.45) is 0 Å². The molecule has 0 amide bonds. The molecule has 3 rings (SSSR count). The van der Waals surface area contributed by atoms with E-state index in [4.69, 9.17) is 0 Å². The lowest BCUT2D eigenvalue weighted by Crippen LogP contribution is -2.23. The van der Waals surface area contributed by atoms with Crippen LogP contribution < -0.4 is 0 Å². The van der Waals surface area contributed by atoms with Crippen LogP contribution in [0.1, 0.15) is 41.6 Å². The standard InChI is InChI=1S/C20H23NO2/c22-20(23)19-8-4-3-7-18(19)17-11-9-16(10-12-17)15-21-13-5-1-2-6-14-21/h3-4,7-12H,1-2,5-6,13-15H2,(H,22,23). The van der Waals surface area contributed by atoms with E-state index in [0.29, 0.717) is 5.56 Å². The minimum Gasteiger partial charge on any atom is -0.478 e. The first kappa shape index (κ1) is 15.8. The third-order valence-corrected chi connectivity index (χ3v) is 4.53. The molecule has 23 heavy (non-hydrogen) atoms. The number of carbonyl (C=O) groups is 1. The van der Waals surface area contributed by atoms with Crippen LogP contribution in [0.5, 0.6) is 0 Å². The number of benzene rings is 2. The fourth-order valence-corrected chi connectivity index (χ4v) is 3.26. The molecule has 3 heteroatoms. The number of hydrogen-bond acceptors (Lipinski definition) is 2. The van der Waals surface area contributed by atoms with E-state index in [1.165, 1.54) is 44.3 Å². The molecule has 120 valence electrons. The average Bonchev–Trinajstić information content (AvgIpc) is 2.84. The van der Waals surface area contributed by atoms with Crippen molar-refractivity contribution in [3.8, 4) is 11.1 Å². The molecule has 0 radical (unpaired) electrons. The molecule has 0 atom stereocenters. The summed E-state index contributed by atoms with van der Waals surface area (Å²) in [4.78, 5) is 13.9. The lowest BCUT2D eigenvalue weighted by atomic mass is 9.98. The van der Waals surface area contributed by atoms with Gasteiger partial charge < -0.3 is 5.11 Å². The van der Waals surface area contributed by atoms with Gasteiger partial charge in [-0.15, -0.1) is 0 Å². The zero-order chi connectivity index (χ0) is 16.1. The second-order valence-electron chi connectivity index (χ2n) is 6.24. The van der Waals surface area contributed by atoms with Crippen molar-refractivity contribution < 1.29 is 9.90 Å². The van der Waals surface area contributed by atoms with Crippen LogP contribution in [0.25, 0.3) is 11.1 Å². The van der Waals surface area contributed by atoms with Crippen LogP contribution in [-0.2, 0) is 6.54 Å². The number of carboxylic acids is 1. The lowest BCUT2D eigenvalue weighted by Gasteiger charge is -2.19. The molecule has 0 spiro atoms. The third-order valence-electron chi connectivity index (χ3n) is 4.53. The van der Waals surface area contributed by atoms with E-state index in [1.807, 2.05) is 24.3 Å².